The summed E-state index contributed by atoms with van der Waals surface area (Å²) in [6.07, 6.45) is 8.82. The van der Waals surface area contributed by atoms with E-state index in [-0.39, 0.29) is 11.8 Å². The van der Waals surface area contributed by atoms with E-state index in [1.165, 1.54) is 0 Å². The van der Waals surface area contributed by atoms with Crippen LogP contribution in [0.5, 0.6) is 0 Å². The van der Waals surface area contributed by atoms with E-state index in [0.29, 0.717) is 17.5 Å². The van der Waals surface area contributed by atoms with E-state index in [0.717, 1.165) is 16.8 Å². The minimum absolute atomic E-state index is 0.168. The number of hydrogen-bond donors (Lipinski definition) is 2. The van der Waals surface area contributed by atoms with Crippen molar-refractivity contribution in [3.8, 4) is 0 Å². The van der Waals surface area contributed by atoms with Crippen molar-refractivity contribution < 1.29 is 0 Å². The van der Waals surface area contributed by atoms with Crippen molar-refractivity contribution in [3.63, 3.8) is 0 Å². The summed E-state index contributed by atoms with van der Waals surface area (Å²) in [6, 6.07) is 15.1. The molecule has 0 saturated heterocycles. The molecule has 4 rings (SSSR count). The van der Waals surface area contributed by atoms with Crippen LogP contribution < -0.4 is 11.5 Å². The molecule has 4 aromatic heterocycles. The topological polar surface area (TPSA) is 116 Å². The molecule has 0 bridgehead atoms. The summed E-state index contributed by atoms with van der Waals surface area (Å²) in [5.41, 5.74) is 14.7. The molecule has 0 aromatic carbocycles. The lowest BCUT2D eigenvalue weighted by Gasteiger charge is -2.26. The Morgan fingerprint density at radius 3 is 1.89 bits per heavy atom. The Hall–Kier alpha value is -3.87. The standard InChI is InChI=1S/C21H19N7/c22-17-7-1-6-16(27-17)20(21-26-11-8-18(23)28-21)19(14-4-2-9-24-12-14)15-5-3-10-25-13-15/h1-13,19-20H,(H2,22,27)(H2,23,26,28). The third-order valence-corrected chi connectivity index (χ3v) is 4.51. The first kappa shape index (κ1) is 17.5. The van der Waals surface area contributed by atoms with E-state index in [9.17, 15) is 0 Å². The van der Waals surface area contributed by atoms with Crippen LogP contribution in [0.1, 0.15) is 34.5 Å². The molecule has 0 radical (unpaired) electrons. The second kappa shape index (κ2) is 7.79. The van der Waals surface area contributed by atoms with Crippen LogP contribution in [0.3, 0.4) is 0 Å². The fraction of sp³-hybridized carbons (Fsp3) is 0.0952. The first-order valence-corrected chi connectivity index (χ1v) is 8.83. The number of rotatable bonds is 5. The first-order valence-electron chi connectivity index (χ1n) is 8.83. The second-order valence-electron chi connectivity index (χ2n) is 6.36. The summed E-state index contributed by atoms with van der Waals surface area (Å²) in [6.45, 7) is 0. The molecular weight excluding hydrogens is 350 g/mol. The quantitative estimate of drug-likeness (QED) is 0.555. The summed E-state index contributed by atoms with van der Waals surface area (Å²) >= 11 is 0. The van der Waals surface area contributed by atoms with Crippen LogP contribution in [-0.2, 0) is 0 Å². The number of aromatic nitrogens is 5. The zero-order valence-electron chi connectivity index (χ0n) is 15.1. The van der Waals surface area contributed by atoms with E-state index < -0.39 is 0 Å². The highest BCUT2D eigenvalue weighted by Gasteiger charge is 2.32. The highest BCUT2D eigenvalue weighted by molar-refractivity contribution is 5.41. The van der Waals surface area contributed by atoms with Crippen molar-refractivity contribution >= 4 is 11.6 Å². The van der Waals surface area contributed by atoms with Crippen molar-refractivity contribution in [1.82, 2.24) is 24.9 Å². The van der Waals surface area contributed by atoms with Crippen molar-refractivity contribution in [2.75, 3.05) is 11.5 Å². The molecule has 0 spiro atoms. The van der Waals surface area contributed by atoms with E-state index in [1.54, 1.807) is 30.7 Å². The van der Waals surface area contributed by atoms with Gasteiger partial charge in [0.1, 0.15) is 17.5 Å². The van der Waals surface area contributed by atoms with Gasteiger partial charge in [-0.05, 0) is 41.5 Å². The maximum Gasteiger partial charge on any atom is 0.140 e. The number of pyridine rings is 3. The van der Waals surface area contributed by atoms with Crippen LogP contribution in [0.15, 0.2) is 79.5 Å². The van der Waals surface area contributed by atoms with Crippen LogP contribution in [-0.4, -0.2) is 24.9 Å². The van der Waals surface area contributed by atoms with Gasteiger partial charge in [0.2, 0.25) is 0 Å². The highest BCUT2D eigenvalue weighted by Crippen LogP contribution is 2.40. The Balaban J connectivity index is 1.96. The third-order valence-electron chi connectivity index (χ3n) is 4.51. The average molecular weight is 369 g/mol. The van der Waals surface area contributed by atoms with E-state index in [1.807, 2.05) is 48.8 Å². The van der Waals surface area contributed by atoms with Gasteiger partial charge < -0.3 is 11.5 Å². The molecule has 0 fully saturated rings. The van der Waals surface area contributed by atoms with E-state index in [4.69, 9.17) is 11.5 Å². The van der Waals surface area contributed by atoms with Gasteiger partial charge in [0.05, 0.1) is 11.6 Å². The minimum atomic E-state index is -0.319. The number of hydrogen-bond acceptors (Lipinski definition) is 7. The summed E-state index contributed by atoms with van der Waals surface area (Å²) in [5, 5.41) is 0. The van der Waals surface area contributed by atoms with Gasteiger partial charge in [-0.25, -0.2) is 15.0 Å². The lowest BCUT2D eigenvalue weighted by molar-refractivity contribution is 0.633. The van der Waals surface area contributed by atoms with Gasteiger partial charge in [-0.1, -0.05) is 18.2 Å². The minimum Gasteiger partial charge on any atom is -0.384 e. The average Bonchev–Trinajstić information content (AvgIpc) is 2.73. The molecule has 0 aliphatic rings. The van der Waals surface area contributed by atoms with Crippen molar-refractivity contribution in [3.05, 3.63) is 102 Å². The maximum absolute atomic E-state index is 5.98. The summed E-state index contributed by atoms with van der Waals surface area (Å²) in [7, 11) is 0. The molecule has 0 aliphatic carbocycles. The van der Waals surface area contributed by atoms with Crippen LogP contribution in [0.4, 0.5) is 11.6 Å². The lowest BCUT2D eigenvalue weighted by Crippen LogP contribution is -2.19. The maximum atomic E-state index is 5.98. The number of nitrogen functional groups attached to an aromatic ring is 2. The smallest absolute Gasteiger partial charge is 0.140 e. The number of nitrogens with zero attached hydrogens (tertiary/aromatic N) is 5. The molecule has 0 saturated carbocycles. The molecule has 138 valence electrons. The van der Waals surface area contributed by atoms with Gasteiger partial charge in [-0.15, -0.1) is 0 Å². The van der Waals surface area contributed by atoms with Crippen molar-refractivity contribution in [2.24, 2.45) is 0 Å². The fourth-order valence-electron chi connectivity index (χ4n) is 3.33. The molecule has 1 atom stereocenters. The Kier molecular flexibility index (Phi) is 4.88. The monoisotopic (exact) mass is 369 g/mol. The van der Waals surface area contributed by atoms with Gasteiger partial charge >= 0.3 is 0 Å². The molecular formula is C21H19N7. The largest absolute Gasteiger partial charge is 0.384 e. The van der Waals surface area contributed by atoms with Gasteiger partial charge in [0.25, 0.3) is 0 Å². The van der Waals surface area contributed by atoms with Gasteiger partial charge in [-0.2, -0.15) is 0 Å². The zero-order chi connectivity index (χ0) is 19.3. The predicted octanol–water partition coefficient (Wildman–Crippen LogP) is 2.79. The van der Waals surface area contributed by atoms with E-state index >= 15 is 0 Å². The SMILES string of the molecule is Nc1cccc(C(c2nccc(N)n2)C(c2cccnc2)c2cccnc2)n1. The van der Waals surface area contributed by atoms with Crippen molar-refractivity contribution in [2.45, 2.75) is 11.8 Å². The molecule has 4 aromatic rings. The fourth-order valence-corrected chi connectivity index (χ4v) is 3.33. The molecule has 1 unspecified atom stereocenters. The number of nitrogens with two attached hydrogens (primary N) is 2. The summed E-state index contributed by atoms with van der Waals surface area (Å²) in [4.78, 5) is 22.2. The molecule has 7 heteroatoms. The Morgan fingerprint density at radius 2 is 1.32 bits per heavy atom. The number of anilines is 2. The summed E-state index contributed by atoms with van der Waals surface area (Å²) < 4.78 is 0. The van der Waals surface area contributed by atoms with Crippen molar-refractivity contribution in [1.29, 1.82) is 0 Å². The molecule has 4 heterocycles. The molecule has 7 nitrogen and oxygen atoms in total. The molecule has 0 aliphatic heterocycles. The Labute approximate surface area is 162 Å². The Bertz CT molecular complexity index is 969. The first-order chi connectivity index (χ1) is 13.7. The van der Waals surface area contributed by atoms with E-state index in [2.05, 4.69) is 24.9 Å². The van der Waals surface area contributed by atoms with Gasteiger partial charge in [-0.3, -0.25) is 9.97 Å². The normalized spacial score (nSPS) is 12.0. The zero-order valence-corrected chi connectivity index (χ0v) is 15.1. The Morgan fingerprint density at radius 1 is 0.643 bits per heavy atom. The molecule has 4 N–H and O–H groups in total. The van der Waals surface area contributed by atoms with Gasteiger partial charge in [0, 0.05) is 36.9 Å². The van der Waals surface area contributed by atoms with Crippen LogP contribution in [0, 0.1) is 0 Å². The third kappa shape index (κ3) is 3.64. The van der Waals surface area contributed by atoms with Crippen LogP contribution in [0.25, 0.3) is 0 Å². The molecule has 0 amide bonds. The van der Waals surface area contributed by atoms with Crippen LogP contribution in [0.2, 0.25) is 0 Å². The van der Waals surface area contributed by atoms with Gasteiger partial charge in [0.15, 0.2) is 0 Å². The second-order valence-corrected chi connectivity index (χ2v) is 6.36. The lowest BCUT2D eigenvalue weighted by atomic mass is 9.79. The molecule has 28 heavy (non-hydrogen) atoms. The van der Waals surface area contributed by atoms with Crippen LogP contribution >= 0.6 is 0 Å². The highest BCUT2D eigenvalue weighted by atomic mass is 15.0. The summed E-state index contributed by atoms with van der Waals surface area (Å²) in [5.74, 6) is 0.909. The predicted molar refractivity (Wildman–Crippen MR) is 107 cm³/mol.